The summed E-state index contributed by atoms with van der Waals surface area (Å²) in [6, 6.07) is 1.48. The van der Waals surface area contributed by atoms with Gasteiger partial charge in [0.1, 0.15) is 11.6 Å². The fourth-order valence-corrected chi connectivity index (χ4v) is 1.99. The summed E-state index contributed by atoms with van der Waals surface area (Å²) in [7, 11) is 0. The van der Waals surface area contributed by atoms with Gasteiger partial charge in [-0.3, -0.25) is 4.79 Å². The van der Waals surface area contributed by atoms with E-state index in [2.05, 4.69) is 15.3 Å². The molecule has 1 aromatic heterocycles. The second-order valence-electron chi connectivity index (χ2n) is 4.74. The zero-order chi connectivity index (χ0) is 12.4. The van der Waals surface area contributed by atoms with E-state index in [9.17, 15) is 4.79 Å². The summed E-state index contributed by atoms with van der Waals surface area (Å²) in [5.74, 6) is 1.86. The van der Waals surface area contributed by atoms with E-state index >= 15 is 0 Å². The molecule has 2 heterocycles. The fourth-order valence-electron chi connectivity index (χ4n) is 1.99. The van der Waals surface area contributed by atoms with Crippen LogP contribution in [0.3, 0.4) is 0 Å². The van der Waals surface area contributed by atoms with Crippen LogP contribution in [0.15, 0.2) is 10.9 Å². The van der Waals surface area contributed by atoms with Gasteiger partial charge < -0.3 is 19.8 Å². The van der Waals surface area contributed by atoms with E-state index in [1.165, 1.54) is 6.07 Å². The Labute approximate surface area is 105 Å². The van der Waals surface area contributed by atoms with Gasteiger partial charge in [0, 0.05) is 18.5 Å². The van der Waals surface area contributed by atoms with Gasteiger partial charge in [0.2, 0.25) is 0 Å². The van der Waals surface area contributed by atoms with Crippen LogP contribution in [0.1, 0.15) is 24.6 Å². The highest BCUT2D eigenvalue weighted by Crippen LogP contribution is 2.37. The average Bonchev–Trinajstić information content (AvgIpc) is 3.21. The first-order valence-corrected chi connectivity index (χ1v) is 6.36. The molecule has 1 aromatic rings. The molecular weight excluding hydrogens is 234 g/mol. The van der Waals surface area contributed by atoms with Crippen molar-refractivity contribution >= 4 is 5.82 Å². The normalized spacial score (nSPS) is 23.9. The Kier molecular flexibility index (Phi) is 3.29. The van der Waals surface area contributed by atoms with Crippen molar-refractivity contribution in [3.8, 4) is 0 Å². The summed E-state index contributed by atoms with van der Waals surface area (Å²) >= 11 is 0. The number of H-pyrrole nitrogens is 1. The summed E-state index contributed by atoms with van der Waals surface area (Å²) in [6.45, 7) is 2.49. The monoisotopic (exact) mass is 251 g/mol. The van der Waals surface area contributed by atoms with Gasteiger partial charge in [-0.05, 0) is 12.8 Å². The highest BCUT2D eigenvalue weighted by molar-refractivity contribution is 5.34. The van der Waals surface area contributed by atoms with Crippen LogP contribution in [-0.4, -0.2) is 42.4 Å². The van der Waals surface area contributed by atoms with Gasteiger partial charge in [-0.15, -0.1) is 0 Å². The van der Waals surface area contributed by atoms with Crippen LogP contribution in [0.2, 0.25) is 0 Å². The Morgan fingerprint density at radius 2 is 2.33 bits per heavy atom. The molecule has 6 heteroatoms. The molecule has 6 nitrogen and oxygen atoms in total. The van der Waals surface area contributed by atoms with Gasteiger partial charge in [-0.2, -0.15) is 0 Å². The SMILES string of the molecule is O=c1cc(NCC2COCCO2)nc(C2CC2)[nH]1. The molecule has 0 amide bonds. The lowest BCUT2D eigenvalue weighted by atomic mass is 10.3. The second kappa shape index (κ2) is 5.07. The number of hydrogen-bond donors (Lipinski definition) is 2. The van der Waals surface area contributed by atoms with Crippen LogP contribution in [0.4, 0.5) is 5.82 Å². The topological polar surface area (TPSA) is 76.2 Å². The van der Waals surface area contributed by atoms with Crippen LogP contribution in [0, 0.1) is 0 Å². The van der Waals surface area contributed by atoms with E-state index in [-0.39, 0.29) is 11.7 Å². The van der Waals surface area contributed by atoms with E-state index in [0.29, 0.717) is 38.1 Å². The third kappa shape index (κ3) is 2.88. The molecule has 3 rings (SSSR count). The molecule has 1 unspecified atom stereocenters. The standard InChI is InChI=1S/C12H17N3O3/c16-11-5-10(14-12(15-11)8-1-2-8)13-6-9-7-17-3-4-18-9/h5,8-9H,1-4,6-7H2,(H2,13,14,15,16). The Bertz CT molecular complexity index is 464. The number of nitrogens with one attached hydrogen (secondary N) is 2. The molecular formula is C12H17N3O3. The summed E-state index contributed by atoms with van der Waals surface area (Å²) in [4.78, 5) is 18.7. The molecule has 2 N–H and O–H groups in total. The predicted molar refractivity (Wildman–Crippen MR) is 65.9 cm³/mol. The lowest BCUT2D eigenvalue weighted by Gasteiger charge is -2.23. The number of hydrogen-bond acceptors (Lipinski definition) is 5. The fraction of sp³-hybridized carbons (Fsp3) is 0.667. The molecule has 98 valence electrons. The van der Waals surface area contributed by atoms with Gasteiger partial charge in [-0.1, -0.05) is 0 Å². The maximum atomic E-state index is 11.5. The molecule has 0 aromatic carbocycles. The molecule has 1 aliphatic heterocycles. The number of rotatable bonds is 4. The minimum atomic E-state index is -0.102. The smallest absolute Gasteiger partial charge is 0.252 e. The van der Waals surface area contributed by atoms with Crippen molar-refractivity contribution < 1.29 is 9.47 Å². The molecule has 1 saturated carbocycles. The lowest BCUT2D eigenvalue weighted by molar-refractivity contribution is -0.0819. The molecule has 18 heavy (non-hydrogen) atoms. The summed E-state index contributed by atoms with van der Waals surface area (Å²) < 4.78 is 10.8. The number of aromatic nitrogens is 2. The maximum Gasteiger partial charge on any atom is 0.252 e. The van der Waals surface area contributed by atoms with Crippen molar-refractivity contribution in [3.05, 3.63) is 22.2 Å². The molecule has 2 aliphatic rings. The quantitative estimate of drug-likeness (QED) is 0.813. The van der Waals surface area contributed by atoms with E-state index in [4.69, 9.17) is 9.47 Å². The van der Waals surface area contributed by atoms with Gasteiger partial charge in [0.25, 0.3) is 5.56 Å². The molecule has 0 spiro atoms. The summed E-state index contributed by atoms with van der Waals surface area (Å²) in [6.07, 6.45) is 2.27. The first-order valence-electron chi connectivity index (χ1n) is 6.36. The van der Waals surface area contributed by atoms with E-state index in [0.717, 1.165) is 18.7 Å². The molecule has 1 atom stereocenters. The van der Waals surface area contributed by atoms with Crippen LogP contribution >= 0.6 is 0 Å². The Morgan fingerprint density at radius 1 is 1.44 bits per heavy atom. The summed E-state index contributed by atoms with van der Waals surface area (Å²) in [5, 5.41) is 3.14. The van der Waals surface area contributed by atoms with Crippen molar-refractivity contribution in [2.45, 2.75) is 24.9 Å². The highest BCUT2D eigenvalue weighted by Gasteiger charge is 2.26. The second-order valence-corrected chi connectivity index (χ2v) is 4.74. The zero-order valence-corrected chi connectivity index (χ0v) is 10.1. The molecule has 1 aliphatic carbocycles. The summed E-state index contributed by atoms with van der Waals surface area (Å²) in [5.41, 5.74) is -0.102. The number of ether oxygens (including phenoxy) is 2. The van der Waals surface area contributed by atoms with E-state index in [1.807, 2.05) is 0 Å². The van der Waals surface area contributed by atoms with Crippen LogP contribution in [0.5, 0.6) is 0 Å². The first-order chi connectivity index (χ1) is 8.81. The highest BCUT2D eigenvalue weighted by atomic mass is 16.6. The Balaban J connectivity index is 1.62. The van der Waals surface area contributed by atoms with Crippen LogP contribution in [0.25, 0.3) is 0 Å². The maximum absolute atomic E-state index is 11.5. The zero-order valence-electron chi connectivity index (χ0n) is 10.1. The molecule has 1 saturated heterocycles. The van der Waals surface area contributed by atoms with Gasteiger partial charge in [0.15, 0.2) is 0 Å². The van der Waals surface area contributed by atoms with Crippen molar-refractivity contribution in [3.63, 3.8) is 0 Å². The number of nitrogens with zero attached hydrogens (tertiary/aromatic N) is 1. The Morgan fingerprint density at radius 3 is 3.06 bits per heavy atom. The van der Waals surface area contributed by atoms with Gasteiger partial charge in [0.05, 0.1) is 25.9 Å². The van der Waals surface area contributed by atoms with E-state index in [1.54, 1.807) is 0 Å². The van der Waals surface area contributed by atoms with Crippen LogP contribution < -0.4 is 10.9 Å². The molecule has 0 bridgehead atoms. The van der Waals surface area contributed by atoms with Crippen molar-refractivity contribution in [2.75, 3.05) is 31.7 Å². The lowest BCUT2D eigenvalue weighted by Crippen LogP contribution is -2.34. The minimum Gasteiger partial charge on any atom is -0.376 e. The van der Waals surface area contributed by atoms with Gasteiger partial charge >= 0.3 is 0 Å². The van der Waals surface area contributed by atoms with Crippen molar-refractivity contribution in [2.24, 2.45) is 0 Å². The van der Waals surface area contributed by atoms with Gasteiger partial charge in [-0.25, -0.2) is 4.98 Å². The third-order valence-corrected chi connectivity index (χ3v) is 3.12. The first kappa shape index (κ1) is 11.7. The predicted octanol–water partition coefficient (Wildman–Crippen LogP) is 0.475. The average molecular weight is 251 g/mol. The Hall–Kier alpha value is -1.40. The third-order valence-electron chi connectivity index (χ3n) is 3.12. The van der Waals surface area contributed by atoms with Crippen molar-refractivity contribution in [1.82, 2.24) is 9.97 Å². The molecule has 0 radical (unpaired) electrons. The van der Waals surface area contributed by atoms with Crippen LogP contribution in [-0.2, 0) is 9.47 Å². The minimum absolute atomic E-state index is 0.0317. The van der Waals surface area contributed by atoms with E-state index < -0.39 is 0 Å². The van der Waals surface area contributed by atoms with Crippen molar-refractivity contribution in [1.29, 1.82) is 0 Å². The number of anilines is 1. The largest absolute Gasteiger partial charge is 0.376 e. The number of aromatic amines is 1. The molecule has 2 fully saturated rings.